The van der Waals surface area contributed by atoms with Crippen molar-refractivity contribution in [3.8, 4) is 0 Å². The minimum absolute atomic E-state index is 0.0176. The van der Waals surface area contributed by atoms with E-state index in [1.54, 1.807) is 0 Å². The summed E-state index contributed by atoms with van der Waals surface area (Å²) in [5.41, 5.74) is 8.08. The molecule has 0 spiro atoms. The van der Waals surface area contributed by atoms with Crippen LogP contribution in [0.2, 0.25) is 5.02 Å². The monoisotopic (exact) mass is 183 g/mol. The van der Waals surface area contributed by atoms with E-state index in [-0.39, 0.29) is 6.04 Å². The van der Waals surface area contributed by atoms with Gasteiger partial charge in [0.25, 0.3) is 0 Å². The van der Waals surface area contributed by atoms with Crippen LogP contribution in [0.4, 0.5) is 0 Å². The van der Waals surface area contributed by atoms with Crippen molar-refractivity contribution in [3.05, 3.63) is 34.3 Å². The van der Waals surface area contributed by atoms with Crippen LogP contribution >= 0.6 is 11.6 Å². The Morgan fingerprint density at radius 2 is 2.17 bits per heavy atom. The standard InChI is InChI=1S/C10H14ClN/c1-3-8-4-5-10(11)9(6-8)7(2)12/h4-7H,3,12H2,1-2H3. The predicted octanol–water partition coefficient (Wildman–Crippen LogP) is 2.92. The van der Waals surface area contributed by atoms with Crippen molar-refractivity contribution in [1.82, 2.24) is 0 Å². The van der Waals surface area contributed by atoms with E-state index in [1.165, 1.54) is 5.56 Å². The first-order valence-electron chi connectivity index (χ1n) is 4.19. The van der Waals surface area contributed by atoms with Gasteiger partial charge in [0.05, 0.1) is 0 Å². The summed E-state index contributed by atoms with van der Waals surface area (Å²) in [5, 5.41) is 0.766. The van der Waals surface area contributed by atoms with Gasteiger partial charge in [-0.1, -0.05) is 30.7 Å². The van der Waals surface area contributed by atoms with E-state index >= 15 is 0 Å². The number of nitrogens with two attached hydrogens (primary N) is 1. The first kappa shape index (κ1) is 9.56. The van der Waals surface area contributed by atoms with Gasteiger partial charge in [-0.2, -0.15) is 0 Å². The highest BCUT2D eigenvalue weighted by Crippen LogP contribution is 2.22. The largest absolute Gasteiger partial charge is 0.324 e. The highest BCUT2D eigenvalue weighted by molar-refractivity contribution is 6.31. The number of benzene rings is 1. The molecule has 1 atom stereocenters. The van der Waals surface area contributed by atoms with Gasteiger partial charge in [0.15, 0.2) is 0 Å². The quantitative estimate of drug-likeness (QED) is 0.750. The van der Waals surface area contributed by atoms with E-state index in [9.17, 15) is 0 Å². The van der Waals surface area contributed by atoms with Crippen molar-refractivity contribution >= 4 is 11.6 Å². The van der Waals surface area contributed by atoms with Gasteiger partial charge in [-0.15, -0.1) is 0 Å². The SMILES string of the molecule is CCc1ccc(Cl)c(C(C)N)c1. The number of aryl methyl sites for hydroxylation is 1. The third kappa shape index (κ3) is 1.99. The van der Waals surface area contributed by atoms with Gasteiger partial charge in [-0.05, 0) is 30.5 Å². The highest BCUT2D eigenvalue weighted by Gasteiger charge is 2.04. The Balaban J connectivity index is 3.08. The van der Waals surface area contributed by atoms with Crippen molar-refractivity contribution in [2.45, 2.75) is 26.3 Å². The van der Waals surface area contributed by atoms with E-state index in [0.717, 1.165) is 17.0 Å². The maximum atomic E-state index is 5.97. The molecule has 0 amide bonds. The second-order valence-corrected chi connectivity index (χ2v) is 3.41. The molecule has 12 heavy (non-hydrogen) atoms. The lowest BCUT2D eigenvalue weighted by Gasteiger charge is -2.09. The van der Waals surface area contributed by atoms with Gasteiger partial charge >= 0.3 is 0 Å². The zero-order valence-corrected chi connectivity index (χ0v) is 8.23. The molecule has 0 aromatic heterocycles. The summed E-state index contributed by atoms with van der Waals surface area (Å²) in [7, 11) is 0. The predicted molar refractivity (Wildman–Crippen MR) is 53.4 cm³/mol. The van der Waals surface area contributed by atoms with Gasteiger partial charge in [0, 0.05) is 11.1 Å². The van der Waals surface area contributed by atoms with Gasteiger partial charge in [0.2, 0.25) is 0 Å². The molecule has 2 N–H and O–H groups in total. The van der Waals surface area contributed by atoms with Gasteiger partial charge in [-0.25, -0.2) is 0 Å². The van der Waals surface area contributed by atoms with Gasteiger partial charge < -0.3 is 5.73 Å². The molecule has 1 aromatic carbocycles. The molecule has 1 rings (SSSR count). The molecule has 1 aromatic rings. The van der Waals surface area contributed by atoms with Crippen LogP contribution < -0.4 is 5.73 Å². The minimum Gasteiger partial charge on any atom is -0.324 e. The van der Waals surface area contributed by atoms with Crippen molar-refractivity contribution in [2.75, 3.05) is 0 Å². The molecule has 2 heteroatoms. The fourth-order valence-electron chi connectivity index (χ4n) is 1.16. The van der Waals surface area contributed by atoms with Crippen molar-refractivity contribution in [3.63, 3.8) is 0 Å². The Labute approximate surface area is 78.5 Å². The highest BCUT2D eigenvalue weighted by atomic mass is 35.5. The third-order valence-electron chi connectivity index (χ3n) is 1.96. The molecular formula is C10H14ClN. The second-order valence-electron chi connectivity index (χ2n) is 3.00. The van der Waals surface area contributed by atoms with Crippen LogP contribution in [0.25, 0.3) is 0 Å². The number of halogens is 1. The summed E-state index contributed by atoms with van der Waals surface area (Å²) < 4.78 is 0. The van der Waals surface area contributed by atoms with Crippen LogP contribution in [0.5, 0.6) is 0 Å². The Kier molecular flexibility index (Phi) is 3.12. The van der Waals surface area contributed by atoms with Crippen LogP contribution in [0.3, 0.4) is 0 Å². The normalized spacial score (nSPS) is 13.0. The molecule has 0 heterocycles. The lowest BCUT2D eigenvalue weighted by Crippen LogP contribution is -2.06. The van der Waals surface area contributed by atoms with Crippen LogP contribution in [-0.2, 0) is 6.42 Å². The third-order valence-corrected chi connectivity index (χ3v) is 2.30. The molecule has 0 radical (unpaired) electrons. The maximum Gasteiger partial charge on any atom is 0.0453 e. The van der Waals surface area contributed by atoms with E-state index in [4.69, 9.17) is 17.3 Å². The molecule has 66 valence electrons. The minimum atomic E-state index is 0.0176. The van der Waals surface area contributed by atoms with E-state index in [1.807, 2.05) is 19.1 Å². The van der Waals surface area contributed by atoms with Crippen molar-refractivity contribution in [2.24, 2.45) is 5.73 Å². The maximum absolute atomic E-state index is 5.97. The number of hydrogen-bond donors (Lipinski definition) is 1. The Hall–Kier alpha value is -0.530. The zero-order valence-electron chi connectivity index (χ0n) is 7.47. The van der Waals surface area contributed by atoms with Crippen molar-refractivity contribution in [1.29, 1.82) is 0 Å². The molecular weight excluding hydrogens is 170 g/mol. The molecule has 0 saturated heterocycles. The molecule has 0 fully saturated rings. The summed E-state index contributed by atoms with van der Waals surface area (Å²) in [5.74, 6) is 0. The molecule has 0 aliphatic heterocycles. The Bertz CT molecular complexity index is 269. The van der Waals surface area contributed by atoms with Crippen LogP contribution in [0, 0.1) is 0 Å². The first-order valence-corrected chi connectivity index (χ1v) is 4.56. The summed E-state index contributed by atoms with van der Waals surface area (Å²) >= 11 is 5.97. The van der Waals surface area contributed by atoms with E-state index in [2.05, 4.69) is 13.0 Å². The molecule has 0 bridgehead atoms. The van der Waals surface area contributed by atoms with E-state index < -0.39 is 0 Å². The number of rotatable bonds is 2. The molecule has 1 nitrogen and oxygen atoms in total. The average molecular weight is 184 g/mol. The Morgan fingerprint density at radius 1 is 1.50 bits per heavy atom. The molecule has 0 aliphatic rings. The van der Waals surface area contributed by atoms with Crippen LogP contribution in [-0.4, -0.2) is 0 Å². The fourth-order valence-corrected chi connectivity index (χ4v) is 1.45. The fraction of sp³-hybridized carbons (Fsp3) is 0.400. The molecule has 1 unspecified atom stereocenters. The smallest absolute Gasteiger partial charge is 0.0453 e. The summed E-state index contributed by atoms with van der Waals surface area (Å²) in [4.78, 5) is 0. The topological polar surface area (TPSA) is 26.0 Å². The average Bonchev–Trinajstić information content (AvgIpc) is 2.05. The second kappa shape index (κ2) is 3.92. The van der Waals surface area contributed by atoms with Crippen molar-refractivity contribution < 1.29 is 0 Å². The lowest BCUT2D eigenvalue weighted by molar-refractivity contribution is 0.815. The summed E-state index contributed by atoms with van der Waals surface area (Å²) in [6.45, 7) is 4.06. The van der Waals surface area contributed by atoms with Gasteiger partial charge in [0.1, 0.15) is 0 Å². The first-order chi connectivity index (χ1) is 5.65. The van der Waals surface area contributed by atoms with Gasteiger partial charge in [-0.3, -0.25) is 0 Å². The lowest BCUT2D eigenvalue weighted by atomic mass is 10.0. The van der Waals surface area contributed by atoms with Crippen LogP contribution in [0.1, 0.15) is 31.0 Å². The zero-order chi connectivity index (χ0) is 9.14. The number of hydrogen-bond acceptors (Lipinski definition) is 1. The van der Waals surface area contributed by atoms with E-state index in [0.29, 0.717) is 0 Å². The summed E-state index contributed by atoms with van der Waals surface area (Å²) in [6, 6.07) is 6.05. The van der Waals surface area contributed by atoms with Crippen LogP contribution in [0.15, 0.2) is 18.2 Å². The summed E-state index contributed by atoms with van der Waals surface area (Å²) in [6.07, 6.45) is 1.02. The molecule has 0 aliphatic carbocycles. The Morgan fingerprint density at radius 3 is 2.67 bits per heavy atom. The molecule has 0 saturated carbocycles.